The zero-order chi connectivity index (χ0) is 12.8. The number of aryl methyl sites for hydroxylation is 1. The molecule has 2 atom stereocenters. The molecule has 0 unspecified atom stereocenters. The van der Waals surface area contributed by atoms with Crippen LogP contribution in [0.25, 0.3) is 0 Å². The summed E-state index contributed by atoms with van der Waals surface area (Å²) in [7, 11) is 0. The van der Waals surface area contributed by atoms with Gasteiger partial charge in [-0.25, -0.2) is 4.79 Å². The first kappa shape index (κ1) is 13.7. The van der Waals surface area contributed by atoms with Crippen LogP contribution < -0.4 is 5.32 Å². The molecule has 0 saturated heterocycles. The average molecular weight is 257 g/mol. The Morgan fingerprint density at radius 3 is 2.71 bits per heavy atom. The van der Waals surface area contributed by atoms with Gasteiger partial charge in [-0.05, 0) is 24.8 Å². The van der Waals surface area contributed by atoms with E-state index in [2.05, 4.69) is 5.32 Å². The van der Waals surface area contributed by atoms with E-state index in [1.54, 1.807) is 11.3 Å². The predicted octanol–water partition coefficient (Wildman–Crippen LogP) is 0.631. The Labute approximate surface area is 103 Å². The maximum absolute atomic E-state index is 11.5. The summed E-state index contributed by atoms with van der Waals surface area (Å²) in [4.78, 5) is 23.3. The van der Waals surface area contributed by atoms with Crippen LogP contribution in [0.5, 0.6) is 0 Å². The lowest BCUT2D eigenvalue weighted by Crippen LogP contribution is -2.47. The lowest BCUT2D eigenvalue weighted by Gasteiger charge is -2.16. The van der Waals surface area contributed by atoms with Crippen LogP contribution in [0, 0.1) is 0 Å². The number of carboxylic acids is 1. The fourth-order valence-corrected chi connectivity index (χ4v) is 2.03. The monoisotopic (exact) mass is 257 g/mol. The van der Waals surface area contributed by atoms with Gasteiger partial charge in [0.15, 0.2) is 6.04 Å². The van der Waals surface area contributed by atoms with Crippen molar-refractivity contribution in [3.8, 4) is 0 Å². The van der Waals surface area contributed by atoms with E-state index in [0.717, 1.165) is 4.88 Å². The highest BCUT2D eigenvalue weighted by Gasteiger charge is 2.24. The fraction of sp³-hybridized carbons (Fsp3) is 0.455. The standard InChI is InChI=1S/C11H15NO4S/c1-7(13)10(11(15)16)12-9(14)5-4-8-3-2-6-17-8/h2-3,6-7,10,13H,4-5H2,1H3,(H,12,14)(H,15,16)/t7-,10+/m1/s1. The maximum atomic E-state index is 11.5. The quantitative estimate of drug-likeness (QED) is 0.697. The number of amides is 1. The molecule has 0 aliphatic heterocycles. The van der Waals surface area contributed by atoms with Gasteiger partial charge in [0, 0.05) is 11.3 Å². The normalized spacial score (nSPS) is 14.0. The third-order valence-electron chi connectivity index (χ3n) is 2.24. The second kappa shape index (κ2) is 6.36. The van der Waals surface area contributed by atoms with Crippen molar-refractivity contribution in [3.05, 3.63) is 22.4 Å². The highest BCUT2D eigenvalue weighted by Crippen LogP contribution is 2.10. The van der Waals surface area contributed by atoms with E-state index in [1.165, 1.54) is 6.92 Å². The number of aliphatic hydroxyl groups is 1. The van der Waals surface area contributed by atoms with E-state index >= 15 is 0 Å². The lowest BCUT2D eigenvalue weighted by atomic mass is 10.1. The zero-order valence-electron chi connectivity index (χ0n) is 9.42. The van der Waals surface area contributed by atoms with Crippen molar-refractivity contribution in [1.29, 1.82) is 0 Å². The molecule has 17 heavy (non-hydrogen) atoms. The van der Waals surface area contributed by atoms with Crippen molar-refractivity contribution in [2.75, 3.05) is 0 Å². The Kier molecular flexibility index (Phi) is 5.11. The Morgan fingerprint density at radius 2 is 2.24 bits per heavy atom. The van der Waals surface area contributed by atoms with Gasteiger partial charge in [-0.2, -0.15) is 0 Å². The molecular weight excluding hydrogens is 242 g/mol. The number of hydrogen-bond acceptors (Lipinski definition) is 4. The van der Waals surface area contributed by atoms with Crippen LogP contribution in [0.15, 0.2) is 17.5 Å². The molecule has 0 radical (unpaired) electrons. The molecule has 1 heterocycles. The van der Waals surface area contributed by atoms with Crippen molar-refractivity contribution >= 4 is 23.2 Å². The molecule has 1 amide bonds. The van der Waals surface area contributed by atoms with E-state index in [1.807, 2.05) is 17.5 Å². The van der Waals surface area contributed by atoms with Gasteiger partial charge in [0.25, 0.3) is 0 Å². The third-order valence-corrected chi connectivity index (χ3v) is 3.18. The summed E-state index contributed by atoms with van der Waals surface area (Å²) < 4.78 is 0. The number of aliphatic hydroxyl groups excluding tert-OH is 1. The molecular formula is C11H15NO4S. The number of aliphatic carboxylic acids is 1. The summed E-state index contributed by atoms with van der Waals surface area (Å²) in [6.45, 7) is 1.33. The summed E-state index contributed by atoms with van der Waals surface area (Å²) in [6, 6.07) is 2.57. The van der Waals surface area contributed by atoms with Crippen molar-refractivity contribution in [3.63, 3.8) is 0 Å². The van der Waals surface area contributed by atoms with Gasteiger partial charge in [-0.1, -0.05) is 6.07 Å². The van der Waals surface area contributed by atoms with Gasteiger partial charge in [0.05, 0.1) is 6.10 Å². The first-order valence-corrected chi connectivity index (χ1v) is 6.11. The van der Waals surface area contributed by atoms with E-state index < -0.39 is 18.1 Å². The Hall–Kier alpha value is -1.40. The number of rotatable bonds is 6. The molecule has 0 saturated carbocycles. The summed E-state index contributed by atoms with van der Waals surface area (Å²) in [5, 5.41) is 22.2. The number of carboxylic acid groups (broad SMARTS) is 1. The molecule has 3 N–H and O–H groups in total. The number of nitrogens with one attached hydrogen (secondary N) is 1. The molecule has 0 spiro atoms. The second-order valence-electron chi connectivity index (χ2n) is 3.70. The number of hydrogen-bond donors (Lipinski definition) is 3. The third kappa shape index (κ3) is 4.54. The summed E-state index contributed by atoms with van der Waals surface area (Å²) in [5.41, 5.74) is 0. The summed E-state index contributed by atoms with van der Waals surface area (Å²) >= 11 is 1.55. The fourth-order valence-electron chi connectivity index (χ4n) is 1.33. The zero-order valence-corrected chi connectivity index (χ0v) is 10.2. The minimum atomic E-state index is -1.24. The molecule has 5 nitrogen and oxygen atoms in total. The second-order valence-corrected chi connectivity index (χ2v) is 4.74. The number of carbonyl (C=O) groups excluding carboxylic acids is 1. The van der Waals surface area contributed by atoms with Crippen LogP contribution >= 0.6 is 11.3 Å². The van der Waals surface area contributed by atoms with Crippen molar-refractivity contribution in [2.24, 2.45) is 0 Å². The Bertz CT molecular complexity index is 375. The average Bonchev–Trinajstić information content (AvgIpc) is 2.74. The van der Waals surface area contributed by atoms with E-state index in [9.17, 15) is 14.7 Å². The van der Waals surface area contributed by atoms with Gasteiger partial charge in [0.1, 0.15) is 0 Å². The summed E-state index contributed by atoms with van der Waals surface area (Å²) in [5.74, 6) is -1.60. The first-order valence-electron chi connectivity index (χ1n) is 5.23. The predicted molar refractivity (Wildman–Crippen MR) is 63.9 cm³/mol. The molecule has 0 bridgehead atoms. The Morgan fingerprint density at radius 1 is 1.53 bits per heavy atom. The van der Waals surface area contributed by atoms with Crippen LogP contribution in [-0.2, 0) is 16.0 Å². The van der Waals surface area contributed by atoms with Crippen molar-refractivity contribution in [2.45, 2.75) is 31.9 Å². The first-order chi connectivity index (χ1) is 8.00. The molecule has 1 aromatic heterocycles. The Balaban J connectivity index is 2.40. The van der Waals surface area contributed by atoms with Gasteiger partial charge >= 0.3 is 5.97 Å². The molecule has 0 fully saturated rings. The molecule has 94 valence electrons. The largest absolute Gasteiger partial charge is 0.480 e. The maximum Gasteiger partial charge on any atom is 0.328 e. The molecule has 0 aromatic carbocycles. The number of thiophene rings is 1. The molecule has 1 rings (SSSR count). The molecule has 6 heteroatoms. The van der Waals surface area contributed by atoms with Gasteiger partial charge in [0.2, 0.25) is 5.91 Å². The van der Waals surface area contributed by atoms with Gasteiger partial charge in [-0.3, -0.25) is 4.79 Å². The van der Waals surface area contributed by atoms with Crippen molar-refractivity contribution < 1.29 is 19.8 Å². The smallest absolute Gasteiger partial charge is 0.328 e. The van der Waals surface area contributed by atoms with Crippen LogP contribution in [0.1, 0.15) is 18.2 Å². The SMILES string of the molecule is C[C@@H](O)[C@H](NC(=O)CCc1cccs1)C(=O)O. The highest BCUT2D eigenvalue weighted by molar-refractivity contribution is 7.09. The highest BCUT2D eigenvalue weighted by atomic mass is 32.1. The minimum Gasteiger partial charge on any atom is -0.480 e. The van der Waals surface area contributed by atoms with Crippen LogP contribution in [0.3, 0.4) is 0 Å². The van der Waals surface area contributed by atoms with Crippen LogP contribution in [-0.4, -0.2) is 34.2 Å². The van der Waals surface area contributed by atoms with Crippen LogP contribution in [0.4, 0.5) is 0 Å². The molecule has 0 aliphatic carbocycles. The van der Waals surface area contributed by atoms with Crippen LogP contribution in [0.2, 0.25) is 0 Å². The molecule has 1 aromatic rings. The van der Waals surface area contributed by atoms with Gasteiger partial charge in [-0.15, -0.1) is 11.3 Å². The molecule has 0 aliphatic rings. The summed E-state index contributed by atoms with van der Waals surface area (Å²) in [6.07, 6.45) is -0.315. The van der Waals surface area contributed by atoms with E-state index in [4.69, 9.17) is 5.11 Å². The van der Waals surface area contributed by atoms with Gasteiger partial charge < -0.3 is 15.5 Å². The number of carbonyl (C=O) groups is 2. The van der Waals surface area contributed by atoms with E-state index in [0.29, 0.717) is 6.42 Å². The topological polar surface area (TPSA) is 86.6 Å². The van der Waals surface area contributed by atoms with Crippen molar-refractivity contribution in [1.82, 2.24) is 5.32 Å². The van der Waals surface area contributed by atoms with E-state index in [-0.39, 0.29) is 12.3 Å². The lowest BCUT2D eigenvalue weighted by molar-refractivity contribution is -0.144. The minimum absolute atomic E-state index is 0.219.